The summed E-state index contributed by atoms with van der Waals surface area (Å²) in [6.07, 6.45) is 2.03. The molecule has 0 bridgehead atoms. The molecule has 0 aromatic heterocycles. The Morgan fingerprint density at radius 1 is 1.40 bits per heavy atom. The minimum Gasteiger partial charge on any atom is -0.481 e. The zero-order valence-electron chi connectivity index (χ0n) is 9.40. The second-order valence-corrected chi connectivity index (χ2v) is 4.25. The van der Waals surface area contributed by atoms with E-state index < -0.39 is 5.97 Å². The number of amides is 1. The highest BCUT2D eigenvalue weighted by molar-refractivity contribution is 5.79. The van der Waals surface area contributed by atoms with E-state index in [1.165, 1.54) is 0 Å². The van der Waals surface area contributed by atoms with Gasteiger partial charge in [-0.3, -0.25) is 9.59 Å². The zero-order valence-corrected chi connectivity index (χ0v) is 9.40. The average Bonchev–Trinajstić information content (AvgIpc) is 2.27. The monoisotopic (exact) mass is 213 g/mol. The molecule has 0 aromatic carbocycles. The lowest BCUT2D eigenvalue weighted by Crippen LogP contribution is -2.42. The van der Waals surface area contributed by atoms with Gasteiger partial charge < -0.3 is 10.0 Å². The highest BCUT2D eigenvalue weighted by Gasteiger charge is 2.28. The van der Waals surface area contributed by atoms with E-state index in [2.05, 4.69) is 0 Å². The van der Waals surface area contributed by atoms with E-state index in [1.54, 1.807) is 4.90 Å². The number of hydrogen-bond acceptors (Lipinski definition) is 2. The standard InChI is InChI=1S/C11H19NO3/c1-3-8(2)10(13)12-6-4-9(5-7-12)11(14)15/h8-9H,3-7H2,1-2H3,(H,14,15)/t8-/m1/s1. The number of carbonyl (C=O) groups is 2. The molecule has 1 heterocycles. The summed E-state index contributed by atoms with van der Waals surface area (Å²) in [4.78, 5) is 24.3. The second kappa shape index (κ2) is 5.14. The molecule has 1 aliphatic rings. The maximum Gasteiger partial charge on any atom is 0.306 e. The van der Waals surface area contributed by atoms with Crippen molar-refractivity contribution in [3.63, 3.8) is 0 Å². The van der Waals surface area contributed by atoms with Gasteiger partial charge in [-0.2, -0.15) is 0 Å². The van der Waals surface area contributed by atoms with E-state index in [1.807, 2.05) is 13.8 Å². The van der Waals surface area contributed by atoms with E-state index in [0.717, 1.165) is 6.42 Å². The average molecular weight is 213 g/mol. The van der Waals surface area contributed by atoms with Gasteiger partial charge in [-0.05, 0) is 19.3 Å². The number of piperidine rings is 1. The molecule has 0 spiro atoms. The van der Waals surface area contributed by atoms with Crippen LogP contribution in [0, 0.1) is 11.8 Å². The van der Waals surface area contributed by atoms with Crippen molar-refractivity contribution < 1.29 is 14.7 Å². The maximum atomic E-state index is 11.8. The molecular formula is C11H19NO3. The van der Waals surface area contributed by atoms with Gasteiger partial charge in [-0.15, -0.1) is 0 Å². The molecule has 15 heavy (non-hydrogen) atoms. The Bertz CT molecular complexity index is 244. The SMILES string of the molecule is CC[C@@H](C)C(=O)N1CCC(C(=O)O)CC1. The molecule has 0 aliphatic carbocycles. The van der Waals surface area contributed by atoms with E-state index in [-0.39, 0.29) is 17.7 Å². The number of hydrogen-bond donors (Lipinski definition) is 1. The van der Waals surface area contributed by atoms with Crippen LogP contribution in [0.5, 0.6) is 0 Å². The van der Waals surface area contributed by atoms with Crippen molar-refractivity contribution in [2.24, 2.45) is 11.8 Å². The van der Waals surface area contributed by atoms with Crippen LogP contribution in [0.4, 0.5) is 0 Å². The Kier molecular flexibility index (Phi) is 4.12. The van der Waals surface area contributed by atoms with Crippen LogP contribution >= 0.6 is 0 Å². The molecule has 1 saturated heterocycles. The van der Waals surface area contributed by atoms with Crippen LogP contribution < -0.4 is 0 Å². The second-order valence-electron chi connectivity index (χ2n) is 4.25. The summed E-state index contributed by atoms with van der Waals surface area (Å²) in [6, 6.07) is 0. The minimum absolute atomic E-state index is 0.0615. The van der Waals surface area contributed by atoms with Crippen LogP contribution in [-0.4, -0.2) is 35.0 Å². The summed E-state index contributed by atoms with van der Waals surface area (Å²) in [5.41, 5.74) is 0. The normalized spacial score (nSPS) is 20.0. The summed E-state index contributed by atoms with van der Waals surface area (Å²) in [5, 5.41) is 8.82. The Hall–Kier alpha value is -1.06. The van der Waals surface area contributed by atoms with Crippen LogP contribution in [0.2, 0.25) is 0 Å². The summed E-state index contributed by atoms with van der Waals surface area (Å²) >= 11 is 0. The lowest BCUT2D eigenvalue weighted by Gasteiger charge is -2.31. The highest BCUT2D eigenvalue weighted by Crippen LogP contribution is 2.19. The smallest absolute Gasteiger partial charge is 0.306 e. The number of likely N-dealkylation sites (tertiary alicyclic amines) is 1. The molecular weight excluding hydrogens is 194 g/mol. The van der Waals surface area contributed by atoms with Gasteiger partial charge in [0.25, 0.3) is 0 Å². The summed E-state index contributed by atoms with van der Waals surface area (Å²) in [5.74, 6) is -0.760. The fraction of sp³-hybridized carbons (Fsp3) is 0.818. The van der Waals surface area contributed by atoms with Crippen LogP contribution in [0.3, 0.4) is 0 Å². The van der Waals surface area contributed by atoms with E-state index >= 15 is 0 Å². The number of rotatable bonds is 3. The van der Waals surface area contributed by atoms with Crippen molar-refractivity contribution in [2.75, 3.05) is 13.1 Å². The molecule has 4 heteroatoms. The first-order valence-electron chi connectivity index (χ1n) is 5.57. The number of carbonyl (C=O) groups excluding carboxylic acids is 1. The molecule has 86 valence electrons. The number of aliphatic carboxylic acids is 1. The third-order valence-corrected chi connectivity index (χ3v) is 3.19. The van der Waals surface area contributed by atoms with Crippen molar-refractivity contribution in [2.45, 2.75) is 33.1 Å². The van der Waals surface area contributed by atoms with Crippen LogP contribution in [0.1, 0.15) is 33.1 Å². The number of carboxylic acid groups (broad SMARTS) is 1. The predicted octanol–water partition coefficient (Wildman–Crippen LogP) is 1.36. The Morgan fingerprint density at radius 3 is 2.33 bits per heavy atom. The lowest BCUT2D eigenvalue weighted by atomic mass is 9.96. The van der Waals surface area contributed by atoms with Gasteiger partial charge in [0.05, 0.1) is 5.92 Å². The minimum atomic E-state index is -0.731. The van der Waals surface area contributed by atoms with Crippen molar-refractivity contribution >= 4 is 11.9 Å². The van der Waals surface area contributed by atoms with Crippen molar-refractivity contribution in [3.05, 3.63) is 0 Å². The first-order valence-corrected chi connectivity index (χ1v) is 5.57. The van der Waals surface area contributed by atoms with Crippen LogP contribution in [-0.2, 0) is 9.59 Å². The van der Waals surface area contributed by atoms with E-state index in [0.29, 0.717) is 25.9 Å². The molecule has 1 N–H and O–H groups in total. The molecule has 0 aromatic rings. The molecule has 4 nitrogen and oxygen atoms in total. The van der Waals surface area contributed by atoms with Gasteiger partial charge in [0.2, 0.25) is 5.91 Å². The summed E-state index contributed by atoms with van der Waals surface area (Å²) in [7, 11) is 0. The molecule has 1 aliphatic heterocycles. The predicted molar refractivity (Wildman–Crippen MR) is 56.4 cm³/mol. The maximum absolute atomic E-state index is 11.8. The third-order valence-electron chi connectivity index (χ3n) is 3.19. The van der Waals surface area contributed by atoms with Crippen molar-refractivity contribution in [1.29, 1.82) is 0 Å². The largest absolute Gasteiger partial charge is 0.481 e. The highest BCUT2D eigenvalue weighted by atomic mass is 16.4. The van der Waals surface area contributed by atoms with Gasteiger partial charge in [0, 0.05) is 19.0 Å². The topological polar surface area (TPSA) is 57.6 Å². The third kappa shape index (κ3) is 2.94. The molecule has 1 fully saturated rings. The van der Waals surface area contributed by atoms with Crippen LogP contribution in [0.15, 0.2) is 0 Å². The van der Waals surface area contributed by atoms with Gasteiger partial charge in [0.15, 0.2) is 0 Å². The molecule has 1 rings (SSSR count). The van der Waals surface area contributed by atoms with Gasteiger partial charge >= 0.3 is 5.97 Å². The molecule has 0 unspecified atom stereocenters. The van der Waals surface area contributed by atoms with Gasteiger partial charge in [0.1, 0.15) is 0 Å². The number of carboxylic acids is 1. The fourth-order valence-corrected chi connectivity index (χ4v) is 1.83. The molecule has 1 atom stereocenters. The van der Waals surface area contributed by atoms with Crippen molar-refractivity contribution in [1.82, 2.24) is 4.90 Å². The van der Waals surface area contributed by atoms with Gasteiger partial charge in [-0.1, -0.05) is 13.8 Å². The Balaban J connectivity index is 2.43. The first kappa shape index (κ1) is 12.0. The lowest BCUT2D eigenvalue weighted by molar-refractivity contribution is -0.146. The Labute approximate surface area is 90.3 Å². The zero-order chi connectivity index (χ0) is 11.4. The molecule has 1 amide bonds. The first-order chi connectivity index (χ1) is 7.06. The fourth-order valence-electron chi connectivity index (χ4n) is 1.83. The van der Waals surface area contributed by atoms with Crippen molar-refractivity contribution in [3.8, 4) is 0 Å². The quantitative estimate of drug-likeness (QED) is 0.770. The van der Waals surface area contributed by atoms with Crippen LogP contribution in [0.25, 0.3) is 0 Å². The van der Waals surface area contributed by atoms with Gasteiger partial charge in [-0.25, -0.2) is 0 Å². The Morgan fingerprint density at radius 2 is 1.93 bits per heavy atom. The summed E-state index contributed by atoms with van der Waals surface area (Å²) < 4.78 is 0. The molecule has 0 radical (unpaired) electrons. The van der Waals surface area contributed by atoms with E-state index in [4.69, 9.17) is 5.11 Å². The number of nitrogens with zero attached hydrogens (tertiary/aromatic N) is 1. The molecule has 0 saturated carbocycles. The summed E-state index contributed by atoms with van der Waals surface area (Å²) in [6.45, 7) is 5.11. The van der Waals surface area contributed by atoms with E-state index in [9.17, 15) is 9.59 Å².